The van der Waals surface area contributed by atoms with Crippen molar-refractivity contribution in [3.05, 3.63) is 81.0 Å². The maximum absolute atomic E-state index is 16.1. The first-order valence-corrected chi connectivity index (χ1v) is 40.2. The van der Waals surface area contributed by atoms with Crippen molar-refractivity contribution in [2.75, 3.05) is 38.7 Å². The summed E-state index contributed by atoms with van der Waals surface area (Å²) in [4.78, 5) is 82.5. The molecule has 2 aromatic heterocycles. The number of unbranched alkanes of at least 4 members (excludes halogenated alkanes) is 24. The number of halogens is 4. The fraction of sp³-hybridized carbons (Fsp3) is 0.757. The van der Waals surface area contributed by atoms with Crippen LogP contribution in [0, 0.1) is 17.8 Å². The number of nitrogen functional groups attached to an aromatic ring is 1. The van der Waals surface area contributed by atoms with Gasteiger partial charge in [-0.25, -0.2) is 27.8 Å². The third kappa shape index (κ3) is 32.5. The maximum Gasteiger partial charge on any atom is 0.480 e. The molecule has 0 saturated carbocycles. The van der Waals surface area contributed by atoms with Crippen molar-refractivity contribution in [1.82, 2.24) is 19.1 Å². The fourth-order valence-electron chi connectivity index (χ4n) is 11.8. The number of carbonyl (C=O) groups excluding carboxylic acids is 4. The highest BCUT2D eigenvalue weighted by molar-refractivity contribution is 7.54. The van der Waals surface area contributed by atoms with Crippen molar-refractivity contribution in [3.8, 4) is 5.75 Å². The molecule has 2 N–H and O–H groups in total. The number of esters is 4. The number of hydrogen-bond donors (Lipinski definition) is 1. The molecule has 5 heterocycles. The number of nitrogens with two attached hydrogens (primary N) is 1. The molecule has 1 aromatic carbocycles. The number of hydrogen-bond acceptors (Lipinski definition) is 22. The molecule has 2 fully saturated rings. The van der Waals surface area contributed by atoms with E-state index >= 15 is 17.6 Å². The minimum absolute atomic E-state index is 0. The summed E-state index contributed by atoms with van der Waals surface area (Å²) in [7, 11) is -8.56. The van der Waals surface area contributed by atoms with Gasteiger partial charge in [0.1, 0.15) is 23.8 Å². The number of benzene rings is 1. The fourth-order valence-corrected chi connectivity index (χ4v) is 14.4. The van der Waals surface area contributed by atoms with E-state index in [2.05, 4.69) is 23.8 Å². The van der Waals surface area contributed by atoms with Crippen LogP contribution in [0.25, 0.3) is 0 Å². The Morgan fingerprint density at radius 1 is 0.577 bits per heavy atom. The van der Waals surface area contributed by atoms with Crippen LogP contribution in [-0.2, 0) is 81.2 Å². The minimum atomic E-state index is -4.84. The van der Waals surface area contributed by atoms with E-state index in [0.717, 1.165) is 69.3 Å². The molecule has 30 heteroatoms. The van der Waals surface area contributed by atoms with Gasteiger partial charge >= 0.3 is 62.5 Å². The molecular weight excluding hydrogens is 1400 g/mol. The Morgan fingerprint density at radius 3 is 1.38 bits per heavy atom. The zero-order chi connectivity index (χ0) is 75.7. The highest BCUT2D eigenvalue weighted by Crippen LogP contribution is 2.55. The van der Waals surface area contributed by atoms with Crippen LogP contribution < -0.4 is 21.6 Å². The Morgan fingerprint density at radius 2 is 0.971 bits per heavy atom. The molecule has 0 spiro atoms. The number of aromatic nitrogens is 4. The van der Waals surface area contributed by atoms with Gasteiger partial charge < -0.3 is 38.7 Å². The number of fused-ring (bicyclic) bond motifs is 1. The lowest BCUT2D eigenvalue weighted by molar-refractivity contribution is -0.177. The molecule has 3 aliphatic heterocycles. The van der Waals surface area contributed by atoms with Gasteiger partial charge in [-0.2, -0.15) is 27.5 Å². The number of para-hydroxylation sites is 1. The van der Waals surface area contributed by atoms with E-state index in [1.54, 1.807) is 53.7 Å². The van der Waals surface area contributed by atoms with E-state index in [9.17, 15) is 37.9 Å². The summed E-state index contributed by atoms with van der Waals surface area (Å²) >= 11 is 0. The number of rotatable bonds is 46. The maximum atomic E-state index is 16.1. The van der Waals surface area contributed by atoms with Gasteiger partial charge in [-0.3, -0.25) is 37.4 Å². The molecule has 3 aromatic rings. The monoisotopic (exact) mass is 1520 g/mol. The number of anilines is 1. The van der Waals surface area contributed by atoms with E-state index in [0.29, 0.717) is 40.6 Å². The smallest absolute Gasteiger partial charge is 0.453 e. The third-order valence-corrected chi connectivity index (χ3v) is 20.5. The van der Waals surface area contributed by atoms with Crippen molar-refractivity contribution >= 4 is 45.1 Å². The molecule has 0 amide bonds. The second kappa shape index (κ2) is 45.3. The van der Waals surface area contributed by atoms with Crippen molar-refractivity contribution < 1.29 is 96.9 Å². The van der Waals surface area contributed by atoms with Gasteiger partial charge in [-0.15, -0.1) is 0 Å². The summed E-state index contributed by atoms with van der Waals surface area (Å²) in [6.07, 6.45) is 19.2. The molecule has 0 aliphatic carbocycles. The molecular formula is C74H119F4N5O19P2. The zero-order valence-electron chi connectivity index (χ0n) is 62.1. The number of ether oxygens (including phenoxy) is 6. The van der Waals surface area contributed by atoms with Gasteiger partial charge in [-0.05, 0) is 60.8 Å². The summed E-state index contributed by atoms with van der Waals surface area (Å²) in [6.45, 7) is 13.3. The Balaban J connectivity index is 0.000000438. The Hall–Kier alpha value is -5.60. The quantitative estimate of drug-likeness (QED) is 0.0137. The van der Waals surface area contributed by atoms with Gasteiger partial charge in [0.05, 0.1) is 32.2 Å². The first-order chi connectivity index (χ1) is 48.8. The van der Waals surface area contributed by atoms with E-state index < -0.39 is 137 Å². The van der Waals surface area contributed by atoms with Crippen LogP contribution in [0.3, 0.4) is 0 Å². The lowest BCUT2D eigenvalue weighted by Gasteiger charge is -2.27. The number of nitrogens with zero attached hydrogens (tertiary/aromatic N) is 4. The van der Waals surface area contributed by atoms with E-state index in [1.807, 2.05) is 12.1 Å². The summed E-state index contributed by atoms with van der Waals surface area (Å²) in [5, 5.41) is 0. The minimum Gasteiger partial charge on any atom is -0.453 e. The van der Waals surface area contributed by atoms with Gasteiger partial charge in [0.25, 0.3) is 0 Å². The number of phosphoric acid groups is 1. The molecule has 0 bridgehead atoms. The molecule has 1 unspecified atom stereocenters. The molecule has 2 saturated heterocycles. The number of aryl methyl sites for hydroxylation is 2. The average Bonchev–Trinajstić information content (AvgIpc) is 1.60. The molecule has 6 rings (SSSR count). The molecule has 0 radical (unpaired) electrons. The zero-order valence-corrected chi connectivity index (χ0v) is 63.9. The lowest BCUT2D eigenvalue weighted by atomic mass is 9.92. The standard InChI is InChI=1S/C37H61F2N2O12P.C36H54F2N3O7P.CH4/c1-9-10-11-12-13-14-15-16-17-18-19-29(42)53-32-28(52-33(37(32,38)39)41-21-20-27(2)40-34(41)45)24-49-54(46,50-25-47-30(43)22-35(3,4)5)51-26-48-31(44)23-36(6,7)8;1-2-3-4-5-6-7-8-9-10-11-12-13-14-15-16-17-22-32(42)47-33-30(27-45-49(44)26-24-28-20-18-19-21-29(28)48-49)46-34(36(33,37)38)41-25-23-31(39)40-35(41)43;/h20-21,28,32-33H,9-19,22-26H2,1-8H3;18-21,23,25,30,33-34H,2-17,22,24,26-27H2,1H3,(H2,39,40,43);1H4/t28-,32-,33-;30-,33-,34-,49?;/m11./s1. The molecule has 24 nitrogen and oxygen atoms in total. The largest absolute Gasteiger partial charge is 0.480 e. The van der Waals surface area contributed by atoms with Crippen LogP contribution in [0.5, 0.6) is 5.75 Å². The lowest BCUT2D eigenvalue weighted by Crippen LogP contribution is -2.44. The Bertz CT molecular complexity index is 3260. The van der Waals surface area contributed by atoms with Crippen LogP contribution in [-0.4, -0.2) is 112 Å². The normalized spacial score (nSPS) is 20.5. The predicted molar refractivity (Wildman–Crippen MR) is 386 cm³/mol. The number of phosphoric ester groups is 1. The first kappa shape index (κ1) is 90.8. The van der Waals surface area contributed by atoms with E-state index in [1.165, 1.54) is 115 Å². The van der Waals surface area contributed by atoms with Gasteiger partial charge in [-0.1, -0.05) is 235 Å². The van der Waals surface area contributed by atoms with Gasteiger partial charge in [0, 0.05) is 30.9 Å². The first-order valence-electron chi connectivity index (χ1n) is 37.0. The van der Waals surface area contributed by atoms with Crippen LogP contribution in [0.1, 0.15) is 279 Å². The van der Waals surface area contributed by atoms with Gasteiger partial charge in [0.2, 0.25) is 26.0 Å². The van der Waals surface area contributed by atoms with Gasteiger partial charge in [0.15, 0.2) is 12.2 Å². The average molecular weight is 1520 g/mol. The molecule has 104 heavy (non-hydrogen) atoms. The number of carbonyl (C=O) groups is 4. The van der Waals surface area contributed by atoms with Crippen LogP contribution in [0.2, 0.25) is 0 Å². The van der Waals surface area contributed by atoms with Crippen LogP contribution in [0.4, 0.5) is 23.4 Å². The Kier molecular flexibility index (Phi) is 39.5. The highest BCUT2D eigenvalue weighted by Gasteiger charge is 2.64. The topological polar surface area (TPSA) is 300 Å². The van der Waals surface area contributed by atoms with E-state index in [4.69, 9.17) is 56.8 Å². The van der Waals surface area contributed by atoms with Crippen LogP contribution in [0.15, 0.2) is 58.4 Å². The molecule has 592 valence electrons. The van der Waals surface area contributed by atoms with Crippen LogP contribution >= 0.6 is 15.4 Å². The third-order valence-electron chi connectivity index (χ3n) is 17.4. The van der Waals surface area contributed by atoms with E-state index in [-0.39, 0.29) is 50.8 Å². The summed E-state index contributed by atoms with van der Waals surface area (Å²) < 4.78 is 151. The number of alkyl halides is 4. The second-order valence-corrected chi connectivity index (χ2v) is 33.1. The Labute approximate surface area is 612 Å². The second-order valence-electron chi connectivity index (χ2n) is 29.3. The predicted octanol–water partition coefficient (Wildman–Crippen LogP) is 17.7. The van der Waals surface area contributed by atoms with Crippen molar-refractivity contribution in [3.63, 3.8) is 0 Å². The summed E-state index contributed by atoms with van der Waals surface area (Å²) in [5.74, 6) is -10.7. The molecule has 3 aliphatic rings. The highest BCUT2D eigenvalue weighted by atomic mass is 31.2. The van der Waals surface area contributed by atoms with Crippen molar-refractivity contribution in [1.29, 1.82) is 0 Å². The van der Waals surface area contributed by atoms with Crippen molar-refractivity contribution in [2.24, 2.45) is 10.8 Å². The van der Waals surface area contributed by atoms with Crippen molar-refractivity contribution in [2.45, 2.75) is 318 Å². The summed E-state index contributed by atoms with van der Waals surface area (Å²) in [6, 6.07) is 9.58. The molecule has 7 atom stereocenters. The summed E-state index contributed by atoms with van der Waals surface area (Å²) in [5.41, 5.74) is 3.71. The SMILES string of the molecule is C.CCCCCCCCCCCCC(=O)O[C@@H]1[C@@H](COP(=O)(OCOC(=O)CC(C)(C)C)OCOC(=O)CC(C)(C)C)O[C@@H](n2ccc(C)nc2=O)C1(F)F.CCCCCCCCCCCCCCCCCCC(=O)O[C@@H]1[C@@H](COP2(=O)CCc3ccccc3O2)O[C@@H](n2ccc(N)nc2=O)C1(F)F.